The van der Waals surface area contributed by atoms with Gasteiger partial charge < -0.3 is 14.8 Å². The molecule has 26 heavy (non-hydrogen) atoms. The minimum absolute atomic E-state index is 0.228. The van der Waals surface area contributed by atoms with Gasteiger partial charge in [0.1, 0.15) is 23.6 Å². The van der Waals surface area contributed by atoms with Crippen LogP contribution in [0.25, 0.3) is 0 Å². The molecule has 2 heterocycles. The van der Waals surface area contributed by atoms with E-state index >= 15 is 0 Å². The molecule has 2 aliphatic rings. The first-order chi connectivity index (χ1) is 12.5. The zero-order valence-electron chi connectivity index (χ0n) is 15.5. The van der Waals surface area contributed by atoms with E-state index < -0.39 is 23.3 Å². The van der Waals surface area contributed by atoms with E-state index in [9.17, 15) is 14.4 Å². The SMILES string of the molecule is CCN1C(=O)[C@@H]2[C@H](c3ccccc3OC)[NH2+][C@](CC)(C(=O)OC)[C@H]2C1=O. The summed E-state index contributed by atoms with van der Waals surface area (Å²) < 4.78 is 10.5. The molecule has 2 N–H and O–H groups in total. The second-order valence-electron chi connectivity index (χ2n) is 6.74. The van der Waals surface area contributed by atoms with Gasteiger partial charge in [-0.1, -0.05) is 19.1 Å². The maximum atomic E-state index is 13.0. The lowest BCUT2D eigenvalue weighted by Crippen LogP contribution is -2.98. The molecule has 0 saturated carbocycles. The third-order valence-corrected chi connectivity index (χ3v) is 5.83. The van der Waals surface area contributed by atoms with Crippen LogP contribution in [0, 0.1) is 11.8 Å². The third kappa shape index (κ3) is 2.34. The minimum Gasteiger partial charge on any atom is -0.496 e. The second-order valence-corrected chi connectivity index (χ2v) is 6.74. The molecule has 3 rings (SSSR count). The number of rotatable bonds is 5. The first-order valence-corrected chi connectivity index (χ1v) is 8.89. The Hall–Kier alpha value is -2.41. The molecule has 1 aromatic carbocycles. The Morgan fingerprint density at radius 2 is 1.88 bits per heavy atom. The molecule has 0 spiro atoms. The number of hydrogen-bond acceptors (Lipinski definition) is 5. The molecule has 2 aliphatic heterocycles. The lowest BCUT2D eigenvalue weighted by atomic mass is 9.78. The van der Waals surface area contributed by atoms with Crippen LogP contribution in [0.2, 0.25) is 0 Å². The number of carbonyl (C=O) groups is 3. The van der Waals surface area contributed by atoms with E-state index in [1.165, 1.54) is 12.0 Å². The van der Waals surface area contributed by atoms with Crippen molar-refractivity contribution >= 4 is 17.8 Å². The summed E-state index contributed by atoms with van der Waals surface area (Å²) >= 11 is 0. The number of carbonyl (C=O) groups excluding carboxylic acids is 3. The number of methoxy groups -OCH3 is 2. The van der Waals surface area contributed by atoms with Crippen LogP contribution in [0.4, 0.5) is 0 Å². The molecule has 0 bridgehead atoms. The summed E-state index contributed by atoms with van der Waals surface area (Å²) in [5.41, 5.74) is -0.301. The van der Waals surface area contributed by atoms with Crippen LogP contribution >= 0.6 is 0 Å². The highest BCUT2D eigenvalue weighted by atomic mass is 16.5. The number of imide groups is 1. The molecule has 0 radical (unpaired) electrons. The molecule has 2 amide bonds. The van der Waals surface area contributed by atoms with Crippen LogP contribution in [0.5, 0.6) is 5.75 Å². The van der Waals surface area contributed by atoms with E-state index in [4.69, 9.17) is 9.47 Å². The van der Waals surface area contributed by atoms with E-state index in [-0.39, 0.29) is 17.9 Å². The van der Waals surface area contributed by atoms with Crippen molar-refractivity contribution in [1.82, 2.24) is 4.90 Å². The van der Waals surface area contributed by atoms with Gasteiger partial charge in [0.25, 0.3) is 0 Å². The summed E-state index contributed by atoms with van der Waals surface area (Å²) in [4.78, 5) is 40.0. The third-order valence-electron chi connectivity index (χ3n) is 5.83. The number of benzene rings is 1. The van der Waals surface area contributed by atoms with Gasteiger partial charge >= 0.3 is 5.97 Å². The molecule has 140 valence electrons. The molecule has 7 nitrogen and oxygen atoms in total. The minimum atomic E-state index is -1.11. The van der Waals surface area contributed by atoms with Crippen LogP contribution in [-0.2, 0) is 19.1 Å². The quantitative estimate of drug-likeness (QED) is 0.600. The van der Waals surface area contributed by atoms with Crippen molar-refractivity contribution in [1.29, 1.82) is 0 Å². The van der Waals surface area contributed by atoms with Crippen molar-refractivity contribution in [3.63, 3.8) is 0 Å². The maximum absolute atomic E-state index is 13.0. The van der Waals surface area contributed by atoms with Crippen molar-refractivity contribution in [2.75, 3.05) is 20.8 Å². The van der Waals surface area contributed by atoms with Crippen molar-refractivity contribution in [3.8, 4) is 5.75 Å². The molecule has 0 aliphatic carbocycles. The van der Waals surface area contributed by atoms with Gasteiger partial charge in [0.15, 0.2) is 0 Å². The van der Waals surface area contributed by atoms with Gasteiger partial charge in [-0.3, -0.25) is 14.5 Å². The first-order valence-electron chi connectivity index (χ1n) is 8.89. The van der Waals surface area contributed by atoms with Gasteiger partial charge in [0.2, 0.25) is 17.4 Å². The largest absolute Gasteiger partial charge is 0.496 e. The molecular weight excluding hydrogens is 336 g/mol. The molecule has 0 aromatic heterocycles. The van der Waals surface area contributed by atoms with Gasteiger partial charge in [0, 0.05) is 13.0 Å². The Bertz CT molecular complexity index is 749. The fraction of sp³-hybridized carbons (Fsp3) is 0.526. The number of fused-ring (bicyclic) bond motifs is 1. The summed E-state index contributed by atoms with van der Waals surface area (Å²) in [6.07, 6.45) is 0.392. The van der Waals surface area contributed by atoms with Crippen LogP contribution in [0.1, 0.15) is 31.9 Å². The Labute approximate surface area is 152 Å². The van der Waals surface area contributed by atoms with E-state index in [0.29, 0.717) is 18.7 Å². The van der Waals surface area contributed by atoms with E-state index in [2.05, 4.69) is 0 Å². The standard InChI is InChI=1S/C19H24N2O5/c1-5-19(18(24)26-4)14-13(16(22)21(6-2)17(14)23)15(20-19)11-9-7-8-10-12(11)25-3/h7-10,13-15,20H,5-6H2,1-4H3/p+1/t13-,14+,15-,19-/m0/s1. The maximum Gasteiger partial charge on any atom is 0.368 e. The van der Waals surface area contributed by atoms with Gasteiger partial charge in [-0.25, -0.2) is 4.79 Å². The van der Waals surface area contributed by atoms with Gasteiger partial charge in [0.05, 0.1) is 19.8 Å². The Balaban J connectivity index is 2.17. The Kier molecular flexibility index (Phi) is 4.75. The number of quaternary nitrogens is 1. The highest BCUT2D eigenvalue weighted by Crippen LogP contribution is 2.47. The monoisotopic (exact) mass is 361 g/mol. The predicted octanol–water partition coefficient (Wildman–Crippen LogP) is 0.256. The molecular formula is C19H25N2O5+. The molecule has 0 unspecified atom stereocenters. The highest BCUT2D eigenvalue weighted by molar-refractivity contribution is 6.08. The Morgan fingerprint density at radius 1 is 1.19 bits per heavy atom. The smallest absolute Gasteiger partial charge is 0.368 e. The van der Waals surface area contributed by atoms with E-state index in [1.54, 1.807) is 14.0 Å². The lowest BCUT2D eigenvalue weighted by molar-refractivity contribution is -0.734. The zero-order chi connectivity index (χ0) is 19.1. The molecule has 2 fully saturated rings. The fourth-order valence-electron chi connectivity index (χ4n) is 4.59. The number of ether oxygens (including phenoxy) is 2. The van der Waals surface area contributed by atoms with Gasteiger partial charge in [-0.15, -0.1) is 0 Å². The van der Waals surface area contributed by atoms with Crippen LogP contribution < -0.4 is 10.1 Å². The molecule has 4 atom stereocenters. The average Bonchev–Trinajstić information content (AvgIpc) is 3.15. The first kappa shape index (κ1) is 18.4. The zero-order valence-corrected chi connectivity index (χ0v) is 15.5. The topological polar surface area (TPSA) is 89.5 Å². The molecule has 2 saturated heterocycles. The second kappa shape index (κ2) is 6.72. The summed E-state index contributed by atoms with van der Waals surface area (Å²) in [7, 11) is 2.89. The van der Waals surface area contributed by atoms with Crippen LogP contribution in [0.3, 0.4) is 0 Å². The number of amides is 2. The molecule has 1 aromatic rings. The van der Waals surface area contributed by atoms with E-state index in [0.717, 1.165) is 5.56 Å². The van der Waals surface area contributed by atoms with Crippen molar-refractivity contribution in [2.45, 2.75) is 31.8 Å². The van der Waals surface area contributed by atoms with Crippen molar-refractivity contribution < 1.29 is 29.2 Å². The van der Waals surface area contributed by atoms with Crippen LogP contribution in [0.15, 0.2) is 24.3 Å². The fourth-order valence-corrected chi connectivity index (χ4v) is 4.59. The van der Waals surface area contributed by atoms with Crippen LogP contribution in [-0.4, -0.2) is 49.0 Å². The van der Waals surface area contributed by atoms with E-state index in [1.807, 2.05) is 36.5 Å². The Morgan fingerprint density at radius 3 is 2.46 bits per heavy atom. The van der Waals surface area contributed by atoms with Gasteiger partial charge in [-0.05, 0) is 19.1 Å². The average molecular weight is 361 g/mol. The number of nitrogens with two attached hydrogens (primary N) is 1. The number of esters is 1. The summed E-state index contributed by atoms with van der Waals surface area (Å²) in [5.74, 6) is -1.69. The summed E-state index contributed by atoms with van der Waals surface area (Å²) in [6.45, 7) is 3.91. The normalized spacial score (nSPS) is 30.5. The molecule has 7 heteroatoms. The number of hydrogen-bond donors (Lipinski definition) is 1. The highest BCUT2D eigenvalue weighted by Gasteiger charge is 2.71. The number of para-hydroxylation sites is 1. The number of nitrogens with zero attached hydrogens (tertiary/aromatic N) is 1. The summed E-state index contributed by atoms with van der Waals surface area (Å²) in [5, 5.41) is 1.84. The van der Waals surface area contributed by atoms with Crippen molar-refractivity contribution in [2.24, 2.45) is 11.8 Å². The van der Waals surface area contributed by atoms with Gasteiger partial charge in [-0.2, -0.15) is 0 Å². The predicted molar refractivity (Wildman–Crippen MR) is 92.1 cm³/mol. The summed E-state index contributed by atoms with van der Waals surface area (Å²) in [6, 6.07) is 7.03. The lowest BCUT2D eigenvalue weighted by Gasteiger charge is -2.28. The number of likely N-dealkylation sites (tertiary alicyclic amines) is 1. The van der Waals surface area contributed by atoms with Crippen molar-refractivity contribution in [3.05, 3.63) is 29.8 Å².